The average Bonchev–Trinajstić information content (AvgIpc) is 2.61. The van der Waals surface area contributed by atoms with Crippen molar-refractivity contribution in [2.24, 2.45) is 0 Å². The second kappa shape index (κ2) is 4.25. The number of hydrogen-bond acceptors (Lipinski definition) is 4. The largest absolute Gasteiger partial charge is 0.492 e. The molecule has 3 N–H and O–H groups in total. The Morgan fingerprint density at radius 1 is 1.56 bits per heavy atom. The molecule has 0 aromatic heterocycles. The molecule has 1 atom stereocenters. The van der Waals surface area contributed by atoms with Gasteiger partial charge in [-0.2, -0.15) is 0 Å². The topological polar surface area (TPSA) is 87.0 Å². The van der Waals surface area contributed by atoms with Crippen molar-refractivity contribution < 1.29 is 24.7 Å². The van der Waals surface area contributed by atoms with Gasteiger partial charge < -0.3 is 19.9 Å². The van der Waals surface area contributed by atoms with E-state index in [-0.39, 0.29) is 6.42 Å². The molecule has 1 aromatic carbocycles. The maximum absolute atomic E-state index is 10.5. The number of aliphatic hydroxyl groups is 1. The van der Waals surface area contributed by atoms with Crippen LogP contribution in [0.5, 0.6) is 0 Å². The molecule has 0 saturated heterocycles. The van der Waals surface area contributed by atoms with Gasteiger partial charge >= 0.3 is 13.1 Å². The Bertz CT molecular complexity index is 420. The Morgan fingerprint density at radius 2 is 2.31 bits per heavy atom. The van der Waals surface area contributed by atoms with Crippen molar-refractivity contribution in [3.05, 3.63) is 29.3 Å². The fraction of sp³-hybridized carbons (Fsp3) is 0.300. The monoisotopic (exact) mass is 222 g/mol. The normalized spacial score (nSPS) is 16.0. The molecule has 0 spiro atoms. The molecule has 0 aliphatic carbocycles. The van der Waals surface area contributed by atoms with Crippen LogP contribution in [0.2, 0.25) is 0 Å². The van der Waals surface area contributed by atoms with Crippen molar-refractivity contribution in [2.75, 3.05) is 0 Å². The molecule has 1 aromatic rings. The number of rotatable bonds is 3. The van der Waals surface area contributed by atoms with Crippen molar-refractivity contribution in [1.82, 2.24) is 0 Å². The van der Waals surface area contributed by atoms with E-state index in [2.05, 4.69) is 0 Å². The second-order valence-corrected chi connectivity index (χ2v) is 3.71. The molecule has 0 saturated carbocycles. The van der Waals surface area contributed by atoms with Gasteiger partial charge in [0.15, 0.2) is 6.10 Å². The molecule has 0 bridgehead atoms. The quantitative estimate of drug-likeness (QED) is 0.564. The van der Waals surface area contributed by atoms with Crippen molar-refractivity contribution in [3.63, 3.8) is 0 Å². The maximum atomic E-state index is 10.5. The van der Waals surface area contributed by atoms with Gasteiger partial charge in [0.2, 0.25) is 0 Å². The van der Waals surface area contributed by atoms with Crippen molar-refractivity contribution >= 4 is 18.6 Å². The van der Waals surface area contributed by atoms with E-state index in [1.54, 1.807) is 12.1 Å². The van der Waals surface area contributed by atoms with Crippen LogP contribution in [0.3, 0.4) is 0 Å². The first kappa shape index (κ1) is 11.1. The molecule has 1 aliphatic heterocycles. The lowest BCUT2D eigenvalue weighted by molar-refractivity contribution is -0.146. The first-order chi connectivity index (χ1) is 7.59. The lowest BCUT2D eigenvalue weighted by Crippen LogP contribution is -2.34. The Balaban J connectivity index is 2.29. The number of fused-ring (bicyclic) bond motifs is 1. The number of benzene rings is 1. The summed E-state index contributed by atoms with van der Waals surface area (Å²) in [6, 6.07) is 5.25. The molecule has 16 heavy (non-hydrogen) atoms. The summed E-state index contributed by atoms with van der Waals surface area (Å²) in [6.07, 6.45) is -1.49. The highest BCUT2D eigenvalue weighted by Gasteiger charge is 2.30. The number of carbonyl (C=O) groups is 1. The van der Waals surface area contributed by atoms with Crippen LogP contribution >= 0.6 is 0 Å². The summed E-state index contributed by atoms with van der Waals surface area (Å²) in [5.41, 5.74) is 2.03. The summed E-state index contributed by atoms with van der Waals surface area (Å²) in [4.78, 5) is 10.5. The summed E-state index contributed by atoms with van der Waals surface area (Å²) in [5.74, 6) is -1.27. The molecule has 84 valence electrons. The highest BCUT2D eigenvalue weighted by Crippen LogP contribution is 2.14. The smallest absolute Gasteiger partial charge is 0.479 e. The van der Waals surface area contributed by atoms with Gasteiger partial charge in [0.1, 0.15) is 0 Å². The highest BCUT2D eigenvalue weighted by atomic mass is 16.5. The lowest BCUT2D eigenvalue weighted by Gasteiger charge is -2.10. The van der Waals surface area contributed by atoms with E-state index in [1.807, 2.05) is 6.07 Å². The van der Waals surface area contributed by atoms with Crippen LogP contribution < -0.4 is 5.46 Å². The van der Waals surface area contributed by atoms with Crippen LogP contribution in [0.4, 0.5) is 0 Å². The van der Waals surface area contributed by atoms with Crippen molar-refractivity contribution in [2.45, 2.75) is 19.1 Å². The van der Waals surface area contributed by atoms with Crippen LogP contribution in [0.1, 0.15) is 11.1 Å². The number of hydrogen-bond donors (Lipinski definition) is 3. The Kier molecular flexibility index (Phi) is 2.96. The lowest BCUT2D eigenvalue weighted by atomic mass is 9.75. The van der Waals surface area contributed by atoms with Crippen LogP contribution in [-0.4, -0.2) is 34.4 Å². The van der Waals surface area contributed by atoms with Crippen molar-refractivity contribution in [1.29, 1.82) is 0 Å². The number of aliphatic hydroxyl groups excluding tert-OH is 1. The Hall–Kier alpha value is -1.37. The minimum atomic E-state index is -1.46. The zero-order valence-electron chi connectivity index (χ0n) is 8.46. The zero-order chi connectivity index (χ0) is 11.7. The number of carboxylic acid groups (broad SMARTS) is 1. The first-order valence-corrected chi connectivity index (χ1v) is 4.91. The summed E-state index contributed by atoms with van der Waals surface area (Å²) in [5, 5.41) is 27.5. The predicted molar refractivity (Wildman–Crippen MR) is 56.2 cm³/mol. The third-order valence-electron chi connectivity index (χ3n) is 2.63. The van der Waals surface area contributed by atoms with Crippen LogP contribution in [-0.2, 0) is 22.5 Å². The first-order valence-electron chi connectivity index (χ1n) is 4.91. The molecular formula is C10H11BO5. The second-order valence-electron chi connectivity index (χ2n) is 3.71. The van der Waals surface area contributed by atoms with E-state index < -0.39 is 19.2 Å². The van der Waals surface area contributed by atoms with Crippen molar-refractivity contribution in [3.8, 4) is 0 Å². The molecule has 0 radical (unpaired) electrons. The van der Waals surface area contributed by atoms with Gasteiger partial charge in [-0.15, -0.1) is 0 Å². The minimum absolute atomic E-state index is 0.0288. The third-order valence-corrected chi connectivity index (χ3v) is 2.63. The fourth-order valence-corrected chi connectivity index (χ4v) is 1.83. The molecular weight excluding hydrogens is 211 g/mol. The summed E-state index contributed by atoms with van der Waals surface area (Å²) in [6.45, 7) is 0.313. The zero-order valence-corrected chi connectivity index (χ0v) is 8.46. The van der Waals surface area contributed by atoms with E-state index >= 15 is 0 Å². The molecule has 1 unspecified atom stereocenters. The van der Waals surface area contributed by atoms with Crippen LogP contribution in [0.25, 0.3) is 0 Å². The summed E-state index contributed by atoms with van der Waals surface area (Å²) < 4.78 is 5.03. The average molecular weight is 222 g/mol. The van der Waals surface area contributed by atoms with Gasteiger partial charge in [0.05, 0.1) is 6.61 Å². The van der Waals surface area contributed by atoms with Gasteiger partial charge in [-0.1, -0.05) is 18.2 Å². The van der Waals surface area contributed by atoms with E-state index in [4.69, 9.17) is 9.76 Å². The number of aliphatic carboxylic acids is 1. The standard InChI is InChI=1S/C10H11BO5/c12-8(10(13)14)4-6-2-1-3-7-5-16-11(15)9(6)7/h1-3,8,12,15H,4-5H2,(H,13,14). The van der Waals surface area contributed by atoms with Gasteiger partial charge in [0.25, 0.3) is 0 Å². The summed E-state index contributed by atoms with van der Waals surface area (Å²) >= 11 is 0. The van der Waals surface area contributed by atoms with Gasteiger partial charge in [-0.3, -0.25) is 0 Å². The molecule has 0 amide bonds. The predicted octanol–water partition coefficient (Wildman–Crippen LogP) is -1.11. The molecule has 5 nitrogen and oxygen atoms in total. The maximum Gasteiger partial charge on any atom is 0.492 e. The Morgan fingerprint density at radius 3 is 3.00 bits per heavy atom. The third kappa shape index (κ3) is 1.95. The SMILES string of the molecule is O=C(O)C(O)Cc1cccc2c1B(O)OC2. The van der Waals surface area contributed by atoms with E-state index in [1.165, 1.54) is 0 Å². The highest BCUT2D eigenvalue weighted by molar-refractivity contribution is 6.62. The van der Waals surface area contributed by atoms with E-state index in [9.17, 15) is 14.9 Å². The minimum Gasteiger partial charge on any atom is -0.479 e. The number of carboxylic acids is 1. The molecule has 2 rings (SSSR count). The summed E-state index contributed by atoms with van der Waals surface area (Å²) in [7, 11) is -1.02. The van der Waals surface area contributed by atoms with Crippen LogP contribution in [0.15, 0.2) is 18.2 Å². The van der Waals surface area contributed by atoms with Gasteiger partial charge in [-0.05, 0) is 16.6 Å². The Labute approximate surface area is 92.4 Å². The molecule has 0 fully saturated rings. The molecule has 1 heterocycles. The molecule has 6 heteroatoms. The van der Waals surface area contributed by atoms with Gasteiger partial charge in [-0.25, -0.2) is 4.79 Å². The van der Waals surface area contributed by atoms with Gasteiger partial charge in [0, 0.05) is 6.42 Å². The fourth-order valence-electron chi connectivity index (χ4n) is 1.83. The molecule has 1 aliphatic rings. The van der Waals surface area contributed by atoms with Crippen LogP contribution in [0, 0.1) is 0 Å². The van der Waals surface area contributed by atoms with E-state index in [0.29, 0.717) is 17.6 Å². The van der Waals surface area contributed by atoms with E-state index in [0.717, 1.165) is 5.56 Å².